The van der Waals surface area contributed by atoms with Crippen LogP contribution in [0.15, 0.2) is 91.0 Å². The molecule has 0 aliphatic carbocycles. The molecule has 3 aromatic rings. The first kappa shape index (κ1) is 22.2. The molecular weight excluding hydrogens is 382 g/mol. The Morgan fingerprint density at radius 2 is 1.35 bits per heavy atom. The SMILES string of the molecule is CC.Cc1ccc(C(=O)/C=C/[C@H]2C(=O)N(c3ccccc3)[C@H]2c2ccc(C)cc2)cc1. The van der Waals surface area contributed by atoms with E-state index in [-0.39, 0.29) is 23.7 Å². The van der Waals surface area contributed by atoms with Crippen molar-refractivity contribution in [2.45, 2.75) is 33.7 Å². The van der Waals surface area contributed by atoms with E-state index in [1.807, 2.05) is 87.2 Å². The minimum absolute atomic E-state index is 0.00901. The summed E-state index contributed by atoms with van der Waals surface area (Å²) < 4.78 is 0. The summed E-state index contributed by atoms with van der Waals surface area (Å²) in [5.74, 6) is -0.430. The molecule has 0 saturated carbocycles. The van der Waals surface area contributed by atoms with Crippen molar-refractivity contribution < 1.29 is 9.59 Å². The average Bonchev–Trinajstić information content (AvgIpc) is 2.80. The number of rotatable bonds is 5. The number of nitrogens with zero attached hydrogens (tertiary/aromatic N) is 1. The van der Waals surface area contributed by atoms with E-state index in [1.54, 1.807) is 6.08 Å². The number of anilines is 1. The second-order valence-electron chi connectivity index (χ2n) is 7.51. The van der Waals surface area contributed by atoms with E-state index in [2.05, 4.69) is 24.3 Å². The largest absolute Gasteiger partial charge is 0.303 e. The van der Waals surface area contributed by atoms with Gasteiger partial charge < -0.3 is 4.90 Å². The summed E-state index contributed by atoms with van der Waals surface area (Å²) in [6.45, 7) is 8.03. The van der Waals surface area contributed by atoms with Gasteiger partial charge in [0.1, 0.15) is 0 Å². The highest BCUT2D eigenvalue weighted by Gasteiger charge is 2.47. The summed E-state index contributed by atoms with van der Waals surface area (Å²) in [7, 11) is 0. The molecule has 158 valence electrons. The summed E-state index contributed by atoms with van der Waals surface area (Å²) in [5, 5.41) is 0. The molecule has 1 saturated heterocycles. The van der Waals surface area contributed by atoms with E-state index in [9.17, 15) is 9.59 Å². The molecule has 3 aromatic carbocycles. The third-order valence-electron chi connectivity index (χ3n) is 5.39. The monoisotopic (exact) mass is 411 g/mol. The summed E-state index contributed by atoms with van der Waals surface area (Å²) in [6, 6.07) is 25.3. The number of β-lactam (4-membered cyclic amide) rings is 1. The maximum absolute atomic E-state index is 13.0. The van der Waals surface area contributed by atoms with Crippen LogP contribution in [0.2, 0.25) is 0 Å². The number of hydrogen-bond donors (Lipinski definition) is 0. The Hall–Kier alpha value is -3.46. The molecular formula is C28H29NO2. The first-order chi connectivity index (χ1) is 15.0. The maximum atomic E-state index is 13.0. The Morgan fingerprint density at radius 3 is 1.94 bits per heavy atom. The van der Waals surface area contributed by atoms with Gasteiger partial charge in [0.05, 0.1) is 12.0 Å². The normalized spacial score (nSPS) is 17.7. The van der Waals surface area contributed by atoms with Gasteiger partial charge in [-0.3, -0.25) is 9.59 Å². The number of allylic oxidation sites excluding steroid dienone is 1. The van der Waals surface area contributed by atoms with E-state index >= 15 is 0 Å². The number of ketones is 1. The van der Waals surface area contributed by atoms with Crippen LogP contribution >= 0.6 is 0 Å². The standard InChI is InChI=1S/C26H23NO2.C2H6/c1-18-8-12-20(13-9-18)24(28)17-16-23-25(21-14-10-19(2)11-15-21)27(26(23)29)22-6-4-3-5-7-22;1-2/h3-17,23,25H,1-2H3;1-2H3/b17-16+;/t23-,25+;/m1./s1. The van der Waals surface area contributed by atoms with Crippen LogP contribution in [-0.4, -0.2) is 11.7 Å². The van der Waals surface area contributed by atoms with E-state index < -0.39 is 0 Å². The molecule has 1 aliphatic heterocycles. The Bertz CT molecular complexity index is 1050. The molecule has 2 atom stereocenters. The van der Waals surface area contributed by atoms with Gasteiger partial charge >= 0.3 is 0 Å². The molecule has 1 amide bonds. The number of carbonyl (C=O) groups excluding carboxylic acids is 2. The van der Waals surface area contributed by atoms with Crippen molar-refractivity contribution in [3.8, 4) is 0 Å². The summed E-state index contributed by atoms with van der Waals surface area (Å²) in [4.78, 5) is 27.3. The number of para-hydroxylation sites is 1. The lowest BCUT2D eigenvalue weighted by Crippen LogP contribution is -2.54. The summed E-state index contributed by atoms with van der Waals surface area (Å²) >= 11 is 0. The third kappa shape index (κ3) is 4.83. The van der Waals surface area contributed by atoms with Crippen LogP contribution in [0.5, 0.6) is 0 Å². The van der Waals surface area contributed by atoms with E-state index in [4.69, 9.17) is 0 Å². The predicted molar refractivity (Wildman–Crippen MR) is 127 cm³/mol. The first-order valence-corrected chi connectivity index (χ1v) is 10.8. The Labute approximate surface area is 185 Å². The van der Waals surface area contributed by atoms with Gasteiger partial charge in [-0.2, -0.15) is 0 Å². The first-order valence-electron chi connectivity index (χ1n) is 10.8. The zero-order valence-electron chi connectivity index (χ0n) is 18.6. The van der Waals surface area contributed by atoms with Gasteiger partial charge in [0.2, 0.25) is 5.91 Å². The van der Waals surface area contributed by atoms with Gasteiger partial charge in [-0.05, 0) is 37.6 Å². The molecule has 0 radical (unpaired) electrons. The molecule has 3 heteroatoms. The lowest BCUT2D eigenvalue weighted by atomic mass is 9.81. The van der Waals surface area contributed by atoms with E-state index in [0.717, 1.165) is 16.8 Å². The minimum atomic E-state index is -0.354. The Balaban J connectivity index is 0.00000132. The third-order valence-corrected chi connectivity index (χ3v) is 5.39. The van der Waals surface area contributed by atoms with E-state index in [1.165, 1.54) is 11.6 Å². The molecule has 3 nitrogen and oxygen atoms in total. The van der Waals surface area contributed by atoms with Crippen molar-refractivity contribution in [3.63, 3.8) is 0 Å². The van der Waals surface area contributed by atoms with Gasteiger partial charge in [0.15, 0.2) is 5.78 Å². The molecule has 0 aromatic heterocycles. The van der Waals surface area contributed by atoms with Gasteiger partial charge in [0, 0.05) is 11.3 Å². The van der Waals surface area contributed by atoms with Gasteiger partial charge in [-0.15, -0.1) is 0 Å². The van der Waals surface area contributed by atoms with Crippen LogP contribution in [-0.2, 0) is 4.79 Å². The highest BCUT2D eigenvalue weighted by molar-refractivity contribution is 6.07. The van der Waals surface area contributed by atoms with Crippen LogP contribution in [0, 0.1) is 19.8 Å². The number of aryl methyl sites for hydroxylation is 2. The quantitative estimate of drug-likeness (QED) is 0.274. The van der Waals surface area contributed by atoms with Gasteiger partial charge in [-0.25, -0.2) is 0 Å². The van der Waals surface area contributed by atoms with Crippen molar-refractivity contribution >= 4 is 17.4 Å². The van der Waals surface area contributed by atoms with Crippen molar-refractivity contribution in [2.24, 2.45) is 5.92 Å². The second kappa shape index (κ2) is 10.0. The number of hydrogen-bond acceptors (Lipinski definition) is 2. The Kier molecular flexibility index (Phi) is 7.19. The van der Waals surface area contributed by atoms with Crippen LogP contribution < -0.4 is 4.90 Å². The zero-order valence-corrected chi connectivity index (χ0v) is 18.6. The maximum Gasteiger partial charge on any atom is 0.236 e. The molecule has 0 bridgehead atoms. The fraction of sp³-hybridized carbons (Fsp3) is 0.214. The van der Waals surface area contributed by atoms with Crippen molar-refractivity contribution in [2.75, 3.05) is 4.90 Å². The molecule has 1 fully saturated rings. The number of benzene rings is 3. The molecule has 0 unspecified atom stereocenters. The average molecular weight is 412 g/mol. The molecule has 31 heavy (non-hydrogen) atoms. The summed E-state index contributed by atoms with van der Waals surface area (Å²) in [5.41, 5.74) is 4.85. The smallest absolute Gasteiger partial charge is 0.236 e. The zero-order chi connectivity index (χ0) is 22.4. The lowest BCUT2D eigenvalue weighted by Gasteiger charge is -2.46. The summed E-state index contributed by atoms with van der Waals surface area (Å²) in [6.07, 6.45) is 3.30. The van der Waals surface area contributed by atoms with Crippen molar-refractivity contribution in [3.05, 3.63) is 113 Å². The fourth-order valence-corrected chi connectivity index (χ4v) is 3.70. The number of carbonyl (C=O) groups is 2. The second-order valence-corrected chi connectivity index (χ2v) is 7.51. The highest BCUT2D eigenvalue weighted by Crippen LogP contribution is 2.44. The predicted octanol–water partition coefficient (Wildman–Crippen LogP) is 6.47. The number of amides is 1. The molecule has 0 spiro atoms. The van der Waals surface area contributed by atoms with Crippen molar-refractivity contribution in [1.82, 2.24) is 0 Å². The van der Waals surface area contributed by atoms with Crippen LogP contribution in [0.25, 0.3) is 0 Å². The molecule has 4 rings (SSSR count). The van der Waals surface area contributed by atoms with Gasteiger partial charge in [0.25, 0.3) is 0 Å². The molecule has 1 aliphatic rings. The highest BCUT2D eigenvalue weighted by atomic mass is 16.2. The topological polar surface area (TPSA) is 37.4 Å². The fourth-order valence-electron chi connectivity index (χ4n) is 3.70. The van der Waals surface area contributed by atoms with Crippen molar-refractivity contribution in [1.29, 1.82) is 0 Å². The molecule has 0 N–H and O–H groups in total. The van der Waals surface area contributed by atoms with Gasteiger partial charge in [-0.1, -0.05) is 97.8 Å². The van der Waals surface area contributed by atoms with Crippen LogP contribution in [0.4, 0.5) is 5.69 Å². The Morgan fingerprint density at radius 1 is 0.806 bits per heavy atom. The van der Waals surface area contributed by atoms with Crippen LogP contribution in [0.3, 0.4) is 0 Å². The molecule has 1 heterocycles. The lowest BCUT2D eigenvalue weighted by molar-refractivity contribution is -0.128. The van der Waals surface area contributed by atoms with E-state index in [0.29, 0.717) is 5.56 Å². The van der Waals surface area contributed by atoms with Crippen LogP contribution in [0.1, 0.15) is 46.9 Å². The minimum Gasteiger partial charge on any atom is -0.303 e.